The molecule has 6 heteroatoms. The molecule has 2 atom stereocenters. The van der Waals surface area contributed by atoms with Gasteiger partial charge in [0.1, 0.15) is 9.88 Å². The van der Waals surface area contributed by atoms with Gasteiger partial charge in [0.25, 0.3) is 5.91 Å². The molecule has 4 nitrogen and oxygen atoms in total. The number of nitrogens with zero attached hydrogens (tertiary/aromatic N) is 2. The van der Waals surface area contributed by atoms with E-state index in [4.69, 9.17) is 11.6 Å². The third-order valence-electron chi connectivity index (χ3n) is 5.81. The van der Waals surface area contributed by atoms with Crippen LogP contribution in [0.4, 0.5) is 0 Å². The molecule has 1 saturated carbocycles. The molecule has 1 aromatic heterocycles. The number of aromatic nitrogens is 1. The minimum Gasteiger partial charge on any atom is -0.389 e. The fraction of sp³-hybridized carbons (Fsp3) is 0.500. The van der Waals surface area contributed by atoms with Crippen LogP contribution in [0.1, 0.15) is 47.5 Å². The predicted molar refractivity (Wildman–Crippen MR) is 105 cm³/mol. The summed E-state index contributed by atoms with van der Waals surface area (Å²) >= 11 is 7.69. The van der Waals surface area contributed by atoms with Gasteiger partial charge in [0, 0.05) is 24.6 Å². The van der Waals surface area contributed by atoms with Gasteiger partial charge in [-0.2, -0.15) is 0 Å². The Labute approximate surface area is 162 Å². The van der Waals surface area contributed by atoms with Gasteiger partial charge in [-0.15, -0.1) is 11.3 Å². The van der Waals surface area contributed by atoms with E-state index in [0.717, 1.165) is 41.9 Å². The van der Waals surface area contributed by atoms with Crippen LogP contribution >= 0.6 is 22.9 Å². The van der Waals surface area contributed by atoms with Crippen molar-refractivity contribution in [2.45, 2.75) is 44.6 Å². The van der Waals surface area contributed by atoms with E-state index >= 15 is 0 Å². The standard InChI is InChI=1S/C20H23ClN2O2S/c1-13-17(26-18(22-13)15-7-2-3-8-16(15)21)19(24)23-11-10-20(25)9-5-4-6-14(20)12-23/h2-3,7-8,14,25H,4-6,9-12H2,1H3/t14-,20+/m1/s1. The van der Waals surface area contributed by atoms with Crippen LogP contribution < -0.4 is 0 Å². The van der Waals surface area contributed by atoms with Gasteiger partial charge < -0.3 is 10.0 Å². The van der Waals surface area contributed by atoms with Gasteiger partial charge in [0.15, 0.2) is 0 Å². The number of likely N-dealkylation sites (tertiary alicyclic amines) is 1. The van der Waals surface area contributed by atoms with Crippen molar-refractivity contribution in [2.24, 2.45) is 5.92 Å². The van der Waals surface area contributed by atoms with Crippen LogP contribution in [0.25, 0.3) is 10.6 Å². The molecule has 2 fully saturated rings. The zero-order chi connectivity index (χ0) is 18.3. The number of fused-ring (bicyclic) bond motifs is 1. The van der Waals surface area contributed by atoms with Gasteiger partial charge in [-0.25, -0.2) is 4.98 Å². The summed E-state index contributed by atoms with van der Waals surface area (Å²) in [6.45, 7) is 3.14. The van der Waals surface area contributed by atoms with E-state index in [9.17, 15) is 9.90 Å². The largest absolute Gasteiger partial charge is 0.389 e. The number of benzene rings is 1. The molecule has 26 heavy (non-hydrogen) atoms. The number of aryl methyl sites for hydroxylation is 1. The number of rotatable bonds is 2. The number of halogens is 1. The molecule has 0 unspecified atom stereocenters. The van der Waals surface area contributed by atoms with E-state index in [2.05, 4.69) is 4.98 Å². The van der Waals surface area contributed by atoms with E-state index < -0.39 is 5.60 Å². The molecule has 0 bridgehead atoms. The summed E-state index contributed by atoms with van der Waals surface area (Å²) in [5.41, 5.74) is 1.04. The zero-order valence-corrected chi connectivity index (χ0v) is 16.4. The molecule has 1 amide bonds. The number of hydrogen-bond acceptors (Lipinski definition) is 4. The lowest BCUT2D eigenvalue weighted by atomic mass is 9.71. The van der Waals surface area contributed by atoms with Crippen molar-refractivity contribution in [3.63, 3.8) is 0 Å². The second kappa shape index (κ2) is 6.95. The quantitative estimate of drug-likeness (QED) is 0.819. The van der Waals surface area contributed by atoms with Crippen LogP contribution in [0.5, 0.6) is 0 Å². The molecule has 0 spiro atoms. The Morgan fingerprint density at radius 3 is 2.96 bits per heavy atom. The van der Waals surface area contributed by atoms with E-state index in [1.54, 1.807) is 0 Å². The van der Waals surface area contributed by atoms with Crippen LogP contribution in [-0.2, 0) is 0 Å². The first-order chi connectivity index (χ1) is 12.5. The number of carbonyl (C=O) groups is 1. The summed E-state index contributed by atoms with van der Waals surface area (Å²) < 4.78 is 0. The minimum absolute atomic E-state index is 0.0333. The first-order valence-electron chi connectivity index (χ1n) is 9.22. The van der Waals surface area contributed by atoms with Crippen molar-refractivity contribution in [3.05, 3.63) is 39.9 Å². The summed E-state index contributed by atoms with van der Waals surface area (Å²) in [5, 5.41) is 12.3. The summed E-state index contributed by atoms with van der Waals surface area (Å²) in [4.78, 5) is 20.3. The van der Waals surface area contributed by atoms with Gasteiger partial charge >= 0.3 is 0 Å². The Morgan fingerprint density at radius 1 is 1.35 bits per heavy atom. The van der Waals surface area contributed by atoms with Gasteiger partial charge in [-0.05, 0) is 32.3 Å². The average Bonchev–Trinajstić information content (AvgIpc) is 3.02. The van der Waals surface area contributed by atoms with Crippen molar-refractivity contribution in [2.75, 3.05) is 13.1 Å². The highest BCUT2D eigenvalue weighted by Crippen LogP contribution is 2.41. The minimum atomic E-state index is -0.569. The number of hydrogen-bond donors (Lipinski definition) is 1. The summed E-state index contributed by atoms with van der Waals surface area (Å²) in [5.74, 6) is 0.233. The molecule has 1 saturated heterocycles. The second-order valence-corrected chi connectivity index (χ2v) is 8.87. The van der Waals surface area contributed by atoms with Crippen molar-refractivity contribution < 1.29 is 9.90 Å². The van der Waals surface area contributed by atoms with Gasteiger partial charge in [-0.1, -0.05) is 42.6 Å². The Balaban J connectivity index is 1.57. The van der Waals surface area contributed by atoms with Gasteiger partial charge in [0.05, 0.1) is 16.3 Å². The van der Waals surface area contributed by atoms with E-state index in [1.807, 2.05) is 36.1 Å². The molecule has 2 aliphatic rings. The van der Waals surface area contributed by atoms with Crippen molar-refractivity contribution in [1.82, 2.24) is 9.88 Å². The molecule has 138 valence electrons. The molecule has 1 aliphatic heterocycles. The van der Waals surface area contributed by atoms with Gasteiger partial charge in [0.2, 0.25) is 0 Å². The summed E-state index contributed by atoms with van der Waals surface area (Å²) in [6, 6.07) is 7.58. The fourth-order valence-electron chi connectivity index (χ4n) is 4.24. The van der Waals surface area contributed by atoms with Crippen molar-refractivity contribution >= 4 is 28.8 Å². The van der Waals surface area contributed by atoms with Crippen LogP contribution in [0, 0.1) is 12.8 Å². The maximum Gasteiger partial charge on any atom is 0.265 e. The number of carbonyl (C=O) groups excluding carboxylic acids is 1. The Kier molecular flexibility index (Phi) is 4.80. The Bertz CT molecular complexity index is 837. The highest BCUT2D eigenvalue weighted by atomic mass is 35.5. The Morgan fingerprint density at radius 2 is 2.15 bits per heavy atom. The molecule has 0 radical (unpaired) electrons. The SMILES string of the molecule is Cc1nc(-c2ccccc2Cl)sc1C(=O)N1CC[C@@]2(O)CCCC[C@@H]2C1. The topological polar surface area (TPSA) is 53.4 Å². The van der Waals surface area contributed by atoms with E-state index in [-0.39, 0.29) is 11.8 Å². The molecule has 2 heterocycles. The molecule has 1 aliphatic carbocycles. The highest BCUT2D eigenvalue weighted by molar-refractivity contribution is 7.17. The Hall–Kier alpha value is -1.43. The van der Waals surface area contributed by atoms with Crippen LogP contribution in [0.3, 0.4) is 0 Å². The molecular weight excluding hydrogens is 368 g/mol. The third kappa shape index (κ3) is 3.17. The van der Waals surface area contributed by atoms with Crippen LogP contribution in [0.2, 0.25) is 5.02 Å². The number of piperidine rings is 1. The van der Waals surface area contributed by atoms with E-state index in [0.29, 0.717) is 29.4 Å². The monoisotopic (exact) mass is 390 g/mol. The second-order valence-electron chi connectivity index (χ2n) is 7.46. The van der Waals surface area contributed by atoms with Gasteiger partial charge in [-0.3, -0.25) is 4.79 Å². The summed E-state index contributed by atoms with van der Waals surface area (Å²) in [6.07, 6.45) is 4.79. The molecule has 1 aromatic carbocycles. The lowest BCUT2D eigenvalue weighted by Crippen LogP contribution is -2.54. The average molecular weight is 391 g/mol. The molecule has 2 aromatic rings. The van der Waals surface area contributed by atoms with Crippen LogP contribution in [-0.4, -0.2) is 39.6 Å². The lowest BCUT2D eigenvalue weighted by molar-refractivity contribution is -0.0885. The zero-order valence-electron chi connectivity index (χ0n) is 14.9. The summed E-state index contributed by atoms with van der Waals surface area (Å²) in [7, 11) is 0. The third-order valence-corrected chi connectivity index (χ3v) is 7.32. The predicted octanol–water partition coefficient (Wildman–Crippen LogP) is 4.54. The number of amides is 1. The number of thiazole rings is 1. The molecule has 4 rings (SSSR count). The fourth-order valence-corrected chi connectivity index (χ4v) is 5.60. The number of aliphatic hydroxyl groups is 1. The van der Waals surface area contributed by atoms with Crippen molar-refractivity contribution in [3.8, 4) is 10.6 Å². The normalized spacial score (nSPS) is 25.8. The van der Waals surface area contributed by atoms with Crippen molar-refractivity contribution in [1.29, 1.82) is 0 Å². The first kappa shape index (κ1) is 18.0. The maximum absolute atomic E-state index is 13.1. The van der Waals surface area contributed by atoms with Crippen LogP contribution in [0.15, 0.2) is 24.3 Å². The molecule has 1 N–H and O–H groups in total. The van der Waals surface area contributed by atoms with E-state index in [1.165, 1.54) is 11.3 Å². The lowest BCUT2D eigenvalue weighted by Gasteiger charge is -2.47. The smallest absolute Gasteiger partial charge is 0.265 e. The highest BCUT2D eigenvalue weighted by Gasteiger charge is 2.44. The first-order valence-corrected chi connectivity index (χ1v) is 10.4. The molecular formula is C20H23ClN2O2S. The maximum atomic E-state index is 13.1.